The number of hydrogen-bond donors (Lipinski definition) is 1. The van der Waals surface area contributed by atoms with Crippen LogP contribution in [-0.2, 0) is 26.2 Å². The van der Waals surface area contributed by atoms with Gasteiger partial charge in [0.25, 0.3) is 0 Å². The minimum Gasteiger partial charge on any atom is -0.497 e. The molecule has 0 radical (unpaired) electrons. The molecular weight excluding hydrogens is 482 g/mol. The number of rotatable bonds is 13. The lowest BCUT2D eigenvalue weighted by Crippen LogP contribution is -2.49. The van der Waals surface area contributed by atoms with Gasteiger partial charge in [0.1, 0.15) is 17.5 Å². The van der Waals surface area contributed by atoms with Gasteiger partial charge in [0.15, 0.2) is 0 Å². The zero-order valence-corrected chi connectivity index (χ0v) is 22.7. The molecule has 1 N–H and O–H groups in total. The third-order valence-corrected chi connectivity index (χ3v) is 6.82. The Bertz CT molecular complexity index is 1100. The molecule has 2 aromatic rings. The summed E-state index contributed by atoms with van der Waals surface area (Å²) in [5.74, 6) is 0.829. The molecule has 0 saturated carbocycles. The molecule has 0 unspecified atom stereocenters. The number of anilines is 1. The summed E-state index contributed by atoms with van der Waals surface area (Å²) in [4.78, 5) is 27.5. The summed E-state index contributed by atoms with van der Waals surface area (Å²) in [6.07, 6.45) is 1.50. The number of amides is 2. The molecule has 10 heteroatoms. The van der Waals surface area contributed by atoms with E-state index in [9.17, 15) is 18.0 Å². The number of carbonyl (C=O) groups excluding carboxylic acids is 2. The first-order chi connectivity index (χ1) is 17.0. The van der Waals surface area contributed by atoms with Crippen molar-refractivity contribution in [1.82, 2.24) is 10.2 Å². The van der Waals surface area contributed by atoms with Crippen LogP contribution in [0.2, 0.25) is 0 Å². The molecule has 0 bridgehead atoms. The van der Waals surface area contributed by atoms with Crippen molar-refractivity contribution in [1.29, 1.82) is 0 Å². The van der Waals surface area contributed by atoms with Gasteiger partial charge in [-0.15, -0.1) is 0 Å². The van der Waals surface area contributed by atoms with Crippen LogP contribution in [0.5, 0.6) is 11.5 Å². The van der Waals surface area contributed by atoms with Crippen molar-refractivity contribution in [3.05, 3.63) is 54.1 Å². The van der Waals surface area contributed by atoms with E-state index < -0.39 is 16.1 Å². The van der Waals surface area contributed by atoms with E-state index in [4.69, 9.17) is 9.47 Å². The molecule has 0 aliphatic carbocycles. The van der Waals surface area contributed by atoms with Crippen molar-refractivity contribution in [2.24, 2.45) is 0 Å². The number of ether oxygens (including phenoxy) is 2. The maximum atomic E-state index is 13.3. The molecule has 0 aromatic heterocycles. The van der Waals surface area contributed by atoms with Crippen LogP contribution in [0.25, 0.3) is 0 Å². The molecule has 36 heavy (non-hydrogen) atoms. The van der Waals surface area contributed by atoms with E-state index >= 15 is 0 Å². The Morgan fingerprint density at radius 1 is 0.917 bits per heavy atom. The number of nitrogens with one attached hydrogen (secondary N) is 1. The van der Waals surface area contributed by atoms with E-state index in [1.54, 1.807) is 50.4 Å². The second-order valence-corrected chi connectivity index (χ2v) is 10.8. The van der Waals surface area contributed by atoms with Crippen LogP contribution in [0.4, 0.5) is 5.69 Å². The summed E-state index contributed by atoms with van der Waals surface area (Å²) >= 11 is 0. The molecular formula is C26H37N3O6S. The number of nitrogens with zero attached hydrogens (tertiary/aromatic N) is 2. The van der Waals surface area contributed by atoms with Gasteiger partial charge in [-0.3, -0.25) is 13.9 Å². The van der Waals surface area contributed by atoms with E-state index in [1.807, 2.05) is 26.0 Å². The minimum atomic E-state index is -3.56. The highest BCUT2D eigenvalue weighted by molar-refractivity contribution is 7.92. The molecule has 0 spiro atoms. The topological polar surface area (TPSA) is 105 Å². The molecule has 0 aliphatic heterocycles. The van der Waals surface area contributed by atoms with Crippen molar-refractivity contribution < 1.29 is 27.5 Å². The number of methoxy groups -OCH3 is 2. The molecule has 1 atom stereocenters. The summed E-state index contributed by atoms with van der Waals surface area (Å²) in [5, 5.41) is 2.86. The Kier molecular flexibility index (Phi) is 10.6. The van der Waals surface area contributed by atoms with Gasteiger partial charge < -0.3 is 19.7 Å². The zero-order valence-electron chi connectivity index (χ0n) is 21.9. The van der Waals surface area contributed by atoms with Crippen molar-refractivity contribution in [3.8, 4) is 11.5 Å². The van der Waals surface area contributed by atoms with Crippen LogP contribution in [0, 0.1) is 0 Å². The van der Waals surface area contributed by atoms with Gasteiger partial charge in [-0.1, -0.05) is 12.1 Å². The second-order valence-electron chi connectivity index (χ2n) is 8.85. The third kappa shape index (κ3) is 8.44. The Balaban J connectivity index is 2.16. The fourth-order valence-corrected chi connectivity index (χ4v) is 4.63. The number of benzene rings is 2. The van der Waals surface area contributed by atoms with Crippen LogP contribution >= 0.6 is 0 Å². The fourth-order valence-electron chi connectivity index (χ4n) is 3.67. The lowest BCUT2D eigenvalue weighted by molar-refractivity contribution is -0.140. The molecule has 2 rings (SSSR count). The standard InChI is InChI=1S/C26H37N3O6S/c1-19(2)27-26(31)20(3)28(18-21-9-13-23(34-4)14-10-21)25(30)8-7-17-29(36(6,32)33)22-11-15-24(35-5)16-12-22/h9-16,19-20H,7-8,17-18H2,1-6H3,(H,27,31)/t20-/m0/s1. The Morgan fingerprint density at radius 2 is 1.44 bits per heavy atom. The summed E-state index contributed by atoms with van der Waals surface area (Å²) in [7, 11) is -0.447. The van der Waals surface area contributed by atoms with Crippen LogP contribution in [0.1, 0.15) is 39.2 Å². The lowest BCUT2D eigenvalue weighted by Gasteiger charge is -2.30. The van der Waals surface area contributed by atoms with E-state index in [1.165, 1.54) is 16.3 Å². The quantitative estimate of drug-likeness (QED) is 0.436. The Hall–Kier alpha value is -3.27. The summed E-state index contributed by atoms with van der Waals surface area (Å²) in [5.41, 5.74) is 1.34. The van der Waals surface area contributed by atoms with E-state index in [0.29, 0.717) is 17.2 Å². The van der Waals surface area contributed by atoms with Crippen LogP contribution < -0.4 is 19.1 Å². The van der Waals surface area contributed by atoms with Crippen LogP contribution in [0.15, 0.2) is 48.5 Å². The average molecular weight is 520 g/mol. The first kappa shape index (κ1) is 29.0. The molecule has 0 fully saturated rings. The zero-order chi connectivity index (χ0) is 26.9. The highest BCUT2D eigenvalue weighted by Gasteiger charge is 2.27. The highest BCUT2D eigenvalue weighted by atomic mass is 32.2. The van der Waals surface area contributed by atoms with E-state index in [-0.39, 0.29) is 43.8 Å². The van der Waals surface area contributed by atoms with Gasteiger partial charge in [-0.2, -0.15) is 0 Å². The molecule has 2 aromatic carbocycles. The molecule has 198 valence electrons. The van der Waals surface area contributed by atoms with Gasteiger partial charge in [-0.25, -0.2) is 8.42 Å². The van der Waals surface area contributed by atoms with E-state index in [0.717, 1.165) is 11.8 Å². The van der Waals surface area contributed by atoms with Crippen molar-refractivity contribution in [3.63, 3.8) is 0 Å². The monoisotopic (exact) mass is 519 g/mol. The van der Waals surface area contributed by atoms with Crippen molar-refractivity contribution in [2.45, 2.75) is 52.2 Å². The van der Waals surface area contributed by atoms with Gasteiger partial charge in [-0.05, 0) is 69.2 Å². The Morgan fingerprint density at radius 3 is 1.92 bits per heavy atom. The van der Waals surface area contributed by atoms with Gasteiger partial charge in [0.2, 0.25) is 21.8 Å². The predicted octanol–water partition coefficient (Wildman–Crippen LogP) is 3.19. The van der Waals surface area contributed by atoms with Crippen molar-refractivity contribution in [2.75, 3.05) is 31.3 Å². The van der Waals surface area contributed by atoms with Crippen LogP contribution in [0.3, 0.4) is 0 Å². The molecule has 9 nitrogen and oxygen atoms in total. The molecule has 0 saturated heterocycles. The SMILES string of the molecule is COc1ccc(CN(C(=O)CCCN(c2ccc(OC)cc2)S(C)(=O)=O)[C@@H](C)C(=O)NC(C)C)cc1. The maximum Gasteiger partial charge on any atom is 0.242 e. The number of hydrogen-bond acceptors (Lipinski definition) is 6. The average Bonchev–Trinajstić information content (AvgIpc) is 2.84. The first-order valence-corrected chi connectivity index (χ1v) is 13.7. The highest BCUT2D eigenvalue weighted by Crippen LogP contribution is 2.22. The minimum absolute atomic E-state index is 0.0642. The van der Waals surface area contributed by atoms with Gasteiger partial charge in [0.05, 0.1) is 26.2 Å². The summed E-state index contributed by atoms with van der Waals surface area (Å²) < 4.78 is 36.5. The van der Waals surface area contributed by atoms with Gasteiger partial charge >= 0.3 is 0 Å². The lowest BCUT2D eigenvalue weighted by atomic mass is 10.1. The maximum absolute atomic E-state index is 13.3. The number of carbonyl (C=O) groups is 2. The fraction of sp³-hybridized carbons (Fsp3) is 0.462. The molecule has 0 heterocycles. The number of sulfonamides is 1. The summed E-state index contributed by atoms with van der Waals surface area (Å²) in [6.45, 7) is 5.78. The predicted molar refractivity (Wildman–Crippen MR) is 141 cm³/mol. The Labute approximate surface area is 214 Å². The van der Waals surface area contributed by atoms with Gasteiger partial charge in [0, 0.05) is 25.6 Å². The largest absolute Gasteiger partial charge is 0.497 e. The summed E-state index contributed by atoms with van der Waals surface area (Å²) in [6, 6.07) is 13.2. The second kappa shape index (κ2) is 13.2. The molecule has 2 amide bonds. The first-order valence-electron chi connectivity index (χ1n) is 11.8. The third-order valence-electron chi connectivity index (χ3n) is 5.62. The van der Waals surface area contributed by atoms with Crippen LogP contribution in [-0.4, -0.2) is 64.2 Å². The van der Waals surface area contributed by atoms with E-state index in [2.05, 4.69) is 5.32 Å². The molecule has 0 aliphatic rings. The normalized spacial score (nSPS) is 12.1. The smallest absolute Gasteiger partial charge is 0.242 e. The van der Waals surface area contributed by atoms with Crippen molar-refractivity contribution >= 4 is 27.5 Å².